The fourth-order valence-electron chi connectivity index (χ4n) is 2.70. The summed E-state index contributed by atoms with van der Waals surface area (Å²) in [7, 11) is 0. The molecule has 1 aliphatic rings. The largest absolute Gasteiger partial charge is 0.307 e. The predicted molar refractivity (Wildman–Crippen MR) is 74.2 cm³/mol. The van der Waals surface area contributed by atoms with Crippen LogP contribution in [0.5, 0.6) is 0 Å². The third kappa shape index (κ3) is 3.19. The first-order valence-electron chi connectivity index (χ1n) is 6.65. The fraction of sp³-hybridized carbons (Fsp3) is 0.500. The van der Waals surface area contributed by atoms with Crippen molar-refractivity contribution in [2.75, 3.05) is 0 Å². The van der Waals surface area contributed by atoms with Gasteiger partial charge in [0.2, 0.25) is 0 Å². The predicted octanol–water partition coefficient (Wildman–Crippen LogP) is 4.06. The molecule has 1 N–H and O–H groups in total. The van der Waals surface area contributed by atoms with Crippen LogP contribution in [0.25, 0.3) is 0 Å². The topological polar surface area (TPSA) is 12.0 Å². The van der Waals surface area contributed by atoms with Crippen molar-refractivity contribution in [1.29, 1.82) is 0 Å². The van der Waals surface area contributed by atoms with E-state index in [2.05, 4.69) is 56.4 Å². The van der Waals surface area contributed by atoms with Gasteiger partial charge in [-0.05, 0) is 51.2 Å². The minimum absolute atomic E-state index is 0.451. The second kappa shape index (κ2) is 5.50. The van der Waals surface area contributed by atoms with Gasteiger partial charge in [-0.25, -0.2) is 0 Å². The lowest BCUT2D eigenvalue weighted by Crippen LogP contribution is -2.32. The van der Waals surface area contributed by atoms with E-state index in [1.165, 1.54) is 36.0 Å². The van der Waals surface area contributed by atoms with Crippen molar-refractivity contribution in [2.45, 2.75) is 52.1 Å². The molecule has 1 aromatic rings. The molecule has 2 rings (SSSR count). The van der Waals surface area contributed by atoms with Gasteiger partial charge < -0.3 is 5.32 Å². The van der Waals surface area contributed by atoms with Crippen LogP contribution in [0.4, 0.5) is 0 Å². The lowest BCUT2D eigenvalue weighted by molar-refractivity contribution is 0.425. The zero-order valence-electron chi connectivity index (χ0n) is 11.2. The van der Waals surface area contributed by atoms with Gasteiger partial charge in [0, 0.05) is 12.1 Å². The monoisotopic (exact) mass is 229 g/mol. The first kappa shape index (κ1) is 12.4. The Morgan fingerprint density at radius 1 is 1.24 bits per heavy atom. The van der Waals surface area contributed by atoms with E-state index in [0.29, 0.717) is 12.1 Å². The second-order valence-corrected chi connectivity index (χ2v) is 5.23. The average Bonchev–Trinajstić information content (AvgIpc) is 2.30. The van der Waals surface area contributed by atoms with E-state index < -0.39 is 0 Å². The van der Waals surface area contributed by atoms with Crippen LogP contribution in [0.2, 0.25) is 0 Å². The van der Waals surface area contributed by atoms with Crippen molar-refractivity contribution < 1.29 is 0 Å². The Morgan fingerprint density at radius 2 is 2.06 bits per heavy atom. The molecule has 0 aliphatic heterocycles. The molecule has 0 aromatic heterocycles. The minimum Gasteiger partial charge on any atom is -0.307 e. The Morgan fingerprint density at radius 3 is 2.71 bits per heavy atom. The maximum Gasteiger partial charge on any atom is 0.0297 e. The van der Waals surface area contributed by atoms with Crippen LogP contribution in [-0.4, -0.2) is 6.04 Å². The average molecular weight is 229 g/mol. The molecule has 17 heavy (non-hydrogen) atoms. The molecule has 2 unspecified atom stereocenters. The van der Waals surface area contributed by atoms with Crippen molar-refractivity contribution in [3.05, 3.63) is 47.0 Å². The summed E-state index contributed by atoms with van der Waals surface area (Å²) < 4.78 is 0. The molecule has 2 atom stereocenters. The Kier molecular flexibility index (Phi) is 4.01. The van der Waals surface area contributed by atoms with Crippen molar-refractivity contribution >= 4 is 0 Å². The standard InChI is InChI=1S/C16H23N/c1-12-9-10-16(13(2)11-12)14(3)17-15-7-5-4-6-8-15/h4-5,9-11,14-15,17H,6-8H2,1-3H3. The fourth-order valence-corrected chi connectivity index (χ4v) is 2.70. The number of benzene rings is 1. The summed E-state index contributed by atoms with van der Waals surface area (Å²) in [6, 6.07) is 7.85. The molecule has 1 nitrogen and oxygen atoms in total. The van der Waals surface area contributed by atoms with Crippen LogP contribution in [-0.2, 0) is 0 Å². The van der Waals surface area contributed by atoms with Crippen molar-refractivity contribution in [3.63, 3.8) is 0 Å². The highest BCUT2D eigenvalue weighted by atomic mass is 14.9. The third-order valence-corrected chi connectivity index (χ3v) is 3.65. The Bertz CT molecular complexity index is 406. The van der Waals surface area contributed by atoms with Crippen LogP contribution in [0.1, 0.15) is 48.9 Å². The van der Waals surface area contributed by atoms with Crippen LogP contribution in [0, 0.1) is 13.8 Å². The molecule has 0 bridgehead atoms. The summed E-state index contributed by atoms with van der Waals surface area (Å²) in [6.07, 6.45) is 8.26. The Labute approximate surface area is 105 Å². The van der Waals surface area contributed by atoms with Gasteiger partial charge in [-0.1, -0.05) is 35.9 Å². The second-order valence-electron chi connectivity index (χ2n) is 5.23. The first-order chi connectivity index (χ1) is 8.16. The molecule has 0 amide bonds. The highest BCUT2D eigenvalue weighted by Crippen LogP contribution is 2.21. The zero-order valence-corrected chi connectivity index (χ0v) is 11.2. The lowest BCUT2D eigenvalue weighted by Gasteiger charge is -2.25. The van der Waals surface area contributed by atoms with Gasteiger partial charge in [-0.3, -0.25) is 0 Å². The van der Waals surface area contributed by atoms with Gasteiger partial charge in [0.1, 0.15) is 0 Å². The molecule has 0 radical (unpaired) electrons. The molecular formula is C16H23N. The zero-order chi connectivity index (χ0) is 12.3. The first-order valence-corrected chi connectivity index (χ1v) is 6.65. The van der Waals surface area contributed by atoms with E-state index in [1.807, 2.05) is 0 Å². The van der Waals surface area contributed by atoms with E-state index in [9.17, 15) is 0 Å². The normalized spacial score (nSPS) is 21.5. The number of hydrogen-bond donors (Lipinski definition) is 1. The highest BCUT2D eigenvalue weighted by Gasteiger charge is 2.14. The van der Waals surface area contributed by atoms with E-state index in [1.54, 1.807) is 0 Å². The van der Waals surface area contributed by atoms with Crippen molar-refractivity contribution in [3.8, 4) is 0 Å². The van der Waals surface area contributed by atoms with Crippen molar-refractivity contribution in [1.82, 2.24) is 5.32 Å². The summed E-state index contributed by atoms with van der Waals surface area (Å²) in [5, 5.41) is 3.74. The summed E-state index contributed by atoms with van der Waals surface area (Å²) in [4.78, 5) is 0. The molecule has 1 heteroatoms. The number of hydrogen-bond acceptors (Lipinski definition) is 1. The van der Waals surface area contributed by atoms with Gasteiger partial charge in [-0.2, -0.15) is 0 Å². The molecule has 92 valence electrons. The molecular weight excluding hydrogens is 206 g/mol. The van der Waals surface area contributed by atoms with Crippen LogP contribution in [0.3, 0.4) is 0 Å². The summed E-state index contributed by atoms with van der Waals surface area (Å²) in [5.41, 5.74) is 4.18. The van der Waals surface area contributed by atoms with E-state index in [0.717, 1.165) is 0 Å². The van der Waals surface area contributed by atoms with Gasteiger partial charge in [0.05, 0.1) is 0 Å². The molecule has 0 saturated carbocycles. The van der Waals surface area contributed by atoms with Gasteiger partial charge >= 0.3 is 0 Å². The summed E-state index contributed by atoms with van der Waals surface area (Å²) >= 11 is 0. The molecule has 1 aliphatic carbocycles. The minimum atomic E-state index is 0.451. The number of aryl methyl sites for hydroxylation is 2. The van der Waals surface area contributed by atoms with E-state index in [-0.39, 0.29) is 0 Å². The van der Waals surface area contributed by atoms with Gasteiger partial charge in [0.25, 0.3) is 0 Å². The van der Waals surface area contributed by atoms with Crippen molar-refractivity contribution in [2.24, 2.45) is 0 Å². The van der Waals surface area contributed by atoms with E-state index in [4.69, 9.17) is 0 Å². The number of rotatable bonds is 3. The summed E-state index contributed by atoms with van der Waals surface area (Å²) in [6.45, 7) is 6.64. The summed E-state index contributed by atoms with van der Waals surface area (Å²) in [5.74, 6) is 0. The number of nitrogens with one attached hydrogen (secondary N) is 1. The smallest absolute Gasteiger partial charge is 0.0297 e. The maximum absolute atomic E-state index is 3.74. The Balaban J connectivity index is 2.03. The van der Waals surface area contributed by atoms with Crippen LogP contribution >= 0.6 is 0 Å². The molecule has 1 aromatic carbocycles. The lowest BCUT2D eigenvalue weighted by atomic mass is 9.97. The third-order valence-electron chi connectivity index (χ3n) is 3.65. The van der Waals surface area contributed by atoms with Gasteiger partial charge in [-0.15, -0.1) is 0 Å². The highest BCUT2D eigenvalue weighted by molar-refractivity contribution is 5.32. The molecule has 0 fully saturated rings. The van der Waals surface area contributed by atoms with E-state index >= 15 is 0 Å². The molecule has 0 heterocycles. The van der Waals surface area contributed by atoms with Crippen LogP contribution < -0.4 is 5.32 Å². The maximum atomic E-state index is 3.74. The quantitative estimate of drug-likeness (QED) is 0.771. The van der Waals surface area contributed by atoms with Crippen LogP contribution in [0.15, 0.2) is 30.4 Å². The Hall–Kier alpha value is -1.08. The van der Waals surface area contributed by atoms with Gasteiger partial charge in [0.15, 0.2) is 0 Å². The number of allylic oxidation sites excluding steroid dienone is 1. The molecule has 0 saturated heterocycles. The SMILES string of the molecule is Cc1ccc(C(C)NC2CC=CCC2)c(C)c1. The molecule has 0 spiro atoms.